The molecule has 0 radical (unpaired) electrons. The zero-order valence-electron chi connectivity index (χ0n) is 14.9. The van der Waals surface area contributed by atoms with E-state index in [2.05, 4.69) is 4.74 Å². The molecule has 1 fully saturated rings. The van der Waals surface area contributed by atoms with Crippen molar-refractivity contribution < 1.29 is 37.3 Å². The number of carbonyl (C=O) groups excluding carboxylic acids is 1. The van der Waals surface area contributed by atoms with Gasteiger partial charge in [-0.15, -0.1) is 13.2 Å². The monoisotopic (exact) mass is 389 g/mol. The summed E-state index contributed by atoms with van der Waals surface area (Å²) < 4.78 is 45.3. The van der Waals surface area contributed by atoms with Crippen molar-refractivity contribution in [1.29, 1.82) is 0 Å². The van der Waals surface area contributed by atoms with E-state index in [-0.39, 0.29) is 31.2 Å². The van der Waals surface area contributed by atoms with Gasteiger partial charge in [0.15, 0.2) is 0 Å². The van der Waals surface area contributed by atoms with Gasteiger partial charge in [-0.3, -0.25) is 9.59 Å². The van der Waals surface area contributed by atoms with E-state index in [1.807, 2.05) is 0 Å². The van der Waals surface area contributed by atoms with E-state index in [0.29, 0.717) is 31.4 Å². The van der Waals surface area contributed by atoms with Crippen molar-refractivity contribution in [3.8, 4) is 5.75 Å². The lowest BCUT2D eigenvalue weighted by Crippen LogP contribution is -2.52. The van der Waals surface area contributed by atoms with Crippen LogP contribution in [0.4, 0.5) is 13.2 Å². The standard InChI is InChI=1S/C18H22F3NO5/c1-26-12-17(16(24)25)9-2-10-22(11-17)15(23)8-5-13-3-6-14(7-4-13)27-18(19,20)21/h3-4,6-7H,2,5,8-12H2,1H3,(H,24,25). The van der Waals surface area contributed by atoms with Gasteiger partial charge in [-0.25, -0.2) is 0 Å². The van der Waals surface area contributed by atoms with E-state index in [4.69, 9.17) is 4.74 Å². The van der Waals surface area contributed by atoms with Crippen LogP contribution in [0.3, 0.4) is 0 Å². The molecule has 0 saturated carbocycles. The number of piperidine rings is 1. The number of methoxy groups -OCH3 is 1. The summed E-state index contributed by atoms with van der Waals surface area (Å²) >= 11 is 0. The van der Waals surface area contributed by atoms with Crippen molar-refractivity contribution in [2.75, 3.05) is 26.8 Å². The number of rotatable bonds is 7. The summed E-state index contributed by atoms with van der Waals surface area (Å²) in [5, 5.41) is 9.52. The van der Waals surface area contributed by atoms with Gasteiger partial charge in [-0.05, 0) is 37.0 Å². The predicted molar refractivity (Wildman–Crippen MR) is 89.2 cm³/mol. The molecule has 0 spiro atoms. The molecule has 27 heavy (non-hydrogen) atoms. The van der Waals surface area contributed by atoms with Crippen molar-refractivity contribution in [2.24, 2.45) is 5.41 Å². The minimum Gasteiger partial charge on any atom is -0.481 e. The molecule has 1 saturated heterocycles. The molecule has 9 heteroatoms. The van der Waals surface area contributed by atoms with E-state index in [9.17, 15) is 27.9 Å². The maximum atomic E-state index is 12.5. The molecule has 1 heterocycles. The smallest absolute Gasteiger partial charge is 0.481 e. The van der Waals surface area contributed by atoms with E-state index in [0.717, 1.165) is 0 Å². The Morgan fingerprint density at radius 1 is 1.26 bits per heavy atom. The Hall–Kier alpha value is -2.29. The minimum absolute atomic E-state index is 0.0345. The fourth-order valence-corrected chi connectivity index (χ4v) is 3.24. The number of aliphatic carboxylic acids is 1. The van der Waals surface area contributed by atoms with Gasteiger partial charge in [0.2, 0.25) is 5.91 Å². The molecule has 0 aliphatic carbocycles. The highest BCUT2D eigenvalue weighted by molar-refractivity contribution is 5.80. The number of halogens is 3. The van der Waals surface area contributed by atoms with Crippen LogP contribution in [0.25, 0.3) is 0 Å². The van der Waals surface area contributed by atoms with Crippen LogP contribution < -0.4 is 4.74 Å². The Bertz CT molecular complexity index is 658. The molecular weight excluding hydrogens is 367 g/mol. The van der Waals surface area contributed by atoms with Gasteiger partial charge in [-0.2, -0.15) is 0 Å². The van der Waals surface area contributed by atoms with Gasteiger partial charge < -0.3 is 19.5 Å². The quantitative estimate of drug-likeness (QED) is 0.776. The van der Waals surface area contributed by atoms with E-state index < -0.39 is 17.7 Å². The van der Waals surface area contributed by atoms with Gasteiger partial charge in [0, 0.05) is 26.6 Å². The molecule has 1 aliphatic heterocycles. The molecule has 1 aromatic carbocycles. The highest BCUT2D eigenvalue weighted by atomic mass is 19.4. The van der Waals surface area contributed by atoms with Crippen LogP contribution in [-0.4, -0.2) is 55.1 Å². The van der Waals surface area contributed by atoms with Crippen molar-refractivity contribution >= 4 is 11.9 Å². The van der Waals surface area contributed by atoms with Gasteiger partial charge in [0.05, 0.1) is 6.61 Å². The van der Waals surface area contributed by atoms with Crippen LogP contribution >= 0.6 is 0 Å². The zero-order valence-corrected chi connectivity index (χ0v) is 14.9. The molecule has 150 valence electrons. The number of amides is 1. The van der Waals surface area contributed by atoms with Gasteiger partial charge >= 0.3 is 12.3 Å². The predicted octanol–water partition coefficient (Wildman–Crippen LogP) is 2.86. The second-order valence-electron chi connectivity index (χ2n) is 6.63. The number of carboxylic acid groups (broad SMARTS) is 1. The number of aryl methyl sites for hydroxylation is 1. The summed E-state index contributed by atoms with van der Waals surface area (Å²) in [6, 6.07) is 5.33. The highest BCUT2D eigenvalue weighted by Crippen LogP contribution is 2.31. The number of nitrogens with zero attached hydrogens (tertiary/aromatic N) is 1. The number of alkyl halides is 3. The summed E-state index contributed by atoms with van der Waals surface area (Å²) in [6.45, 7) is 0.607. The average molecular weight is 389 g/mol. The summed E-state index contributed by atoms with van der Waals surface area (Å²) in [5.74, 6) is -1.49. The van der Waals surface area contributed by atoms with E-state index in [1.165, 1.54) is 36.3 Å². The molecule has 0 aromatic heterocycles. The van der Waals surface area contributed by atoms with Gasteiger partial charge in [0.25, 0.3) is 0 Å². The first-order valence-electron chi connectivity index (χ1n) is 8.50. The number of ether oxygens (including phenoxy) is 2. The summed E-state index contributed by atoms with van der Waals surface area (Å²) in [4.78, 5) is 25.6. The maximum absolute atomic E-state index is 12.5. The molecule has 6 nitrogen and oxygen atoms in total. The second-order valence-corrected chi connectivity index (χ2v) is 6.63. The number of carboxylic acids is 1. The SMILES string of the molecule is COCC1(C(=O)O)CCCN(C(=O)CCc2ccc(OC(F)(F)F)cc2)C1. The third kappa shape index (κ3) is 5.85. The topological polar surface area (TPSA) is 76.1 Å². The Balaban J connectivity index is 1.92. The number of hydrogen-bond acceptors (Lipinski definition) is 4. The molecule has 2 rings (SSSR count). The van der Waals surface area contributed by atoms with Crippen LogP contribution in [0.15, 0.2) is 24.3 Å². The lowest BCUT2D eigenvalue weighted by Gasteiger charge is -2.39. The molecular formula is C18H22F3NO5. The van der Waals surface area contributed by atoms with Crippen molar-refractivity contribution in [3.63, 3.8) is 0 Å². The lowest BCUT2D eigenvalue weighted by molar-refractivity contribution is -0.274. The largest absolute Gasteiger partial charge is 0.573 e. The number of carbonyl (C=O) groups is 2. The molecule has 0 bridgehead atoms. The Morgan fingerprint density at radius 2 is 1.93 bits per heavy atom. The summed E-state index contributed by atoms with van der Waals surface area (Å²) in [7, 11) is 1.43. The Labute approximate surface area is 154 Å². The van der Waals surface area contributed by atoms with E-state index >= 15 is 0 Å². The van der Waals surface area contributed by atoms with Crippen molar-refractivity contribution in [1.82, 2.24) is 4.90 Å². The molecule has 1 aromatic rings. The average Bonchev–Trinajstić information content (AvgIpc) is 2.60. The zero-order chi connectivity index (χ0) is 20.1. The fraction of sp³-hybridized carbons (Fsp3) is 0.556. The summed E-state index contributed by atoms with van der Waals surface area (Å²) in [5.41, 5.74) is -0.407. The maximum Gasteiger partial charge on any atom is 0.573 e. The van der Waals surface area contributed by atoms with Crippen molar-refractivity contribution in [2.45, 2.75) is 32.0 Å². The number of hydrogen-bond donors (Lipinski definition) is 1. The van der Waals surface area contributed by atoms with Crippen LogP contribution in [0.1, 0.15) is 24.8 Å². The van der Waals surface area contributed by atoms with Crippen LogP contribution in [0.5, 0.6) is 5.75 Å². The Morgan fingerprint density at radius 3 is 2.48 bits per heavy atom. The van der Waals surface area contributed by atoms with Crippen LogP contribution in [0, 0.1) is 5.41 Å². The lowest BCUT2D eigenvalue weighted by atomic mass is 9.80. The highest BCUT2D eigenvalue weighted by Gasteiger charge is 2.43. The van der Waals surface area contributed by atoms with Crippen LogP contribution in [0.2, 0.25) is 0 Å². The molecule has 1 unspecified atom stereocenters. The molecule has 1 atom stereocenters. The fourth-order valence-electron chi connectivity index (χ4n) is 3.24. The minimum atomic E-state index is -4.75. The number of likely N-dealkylation sites (tertiary alicyclic amines) is 1. The third-order valence-corrected chi connectivity index (χ3v) is 4.59. The van der Waals surface area contributed by atoms with Gasteiger partial charge in [0.1, 0.15) is 11.2 Å². The van der Waals surface area contributed by atoms with Gasteiger partial charge in [-0.1, -0.05) is 12.1 Å². The second kappa shape index (κ2) is 8.60. The van der Waals surface area contributed by atoms with Crippen LogP contribution in [-0.2, 0) is 20.7 Å². The third-order valence-electron chi connectivity index (χ3n) is 4.59. The first-order chi connectivity index (χ1) is 12.6. The van der Waals surface area contributed by atoms with E-state index in [1.54, 1.807) is 0 Å². The normalized spacial score (nSPS) is 20.4. The number of benzene rings is 1. The Kier molecular flexibility index (Phi) is 6.69. The van der Waals surface area contributed by atoms with Crippen molar-refractivity contribution in [3.05, 3.63) is 29.8 Å². The molecule has 1 aliphatic rings. The first kappa shape index (κ1) is 21.0. The molecule has 1 amide bonds. The summed E-state index contributed by atoms with van der Waals surface area (Å²) in [6.07, 6.45) is -3.25. The first-order valence-corrected chi connectivity index (χ1v) is 8.50. The molecule has 1 N–H and O–H groups in total.